The molecule has 0 aliphatic heterocycles. The van der Waals surface area contributed by atoms with E-state index >= 15 is 0 Å². The van der Waals surface area contributed by atoms with E-state index in [1.54, 1.807) is 12.1 Å². The molecule has 20 heavy (non-hydrogen) atoms. The highest BCUT2D eigenvalue weighted by atomic mass is 19.1. The Morgan fingerprint density at radius 2 is 2.30 bits per heavy atom. The fourth-order valence-electron chi connectivity index (χ4n) is 2.80. The van der Waals surface area contributed by atoms with Crippen molar-refractivity contribution < 1.29 is 19.0 Å². The Hall–Kier alpha value is -1.62. The van der Waals surface area contributed by atoms with Crippen LogP contribution in [-0.4, -0.2) is 24.7 Å². The Kier molecular flexibility index (Phi) is 4.95. The zero-order chi connectivity index (χ0) is 14.5. The Balaban J connectivity index is 1.85. The number of halogens is 1. The summed E-state index contributed by atoms with van der Waals surface area (Å²) < 4.78 is 18.7. The van der Waals surface area contributed by atoms with Crippen molar-refractivity contribution in [3.05, 3.63) is 29.6 Å². The predicted octanol–water partition coefficient (Wildman–Crippen LogP) is 2.42. The van der Waals surface area contributed by atoms with Gasteiger partial charge in [0.1, 0.15) is 11.6 Å². The number of carboxylic acids is 1. The fraction of sp³-hybridized carbons (Fsp3) is 0.533. The van der Waals surface area contributed by atoms with Gasteiger partial charge in [-0.05, 0) is 31.4 Å². The van der Waals surface area contributed by atoms with Gasteiger partial charge in [0.25, 0.3) is 0 Å². The van der Waals surface area contributed by atoms with E-state index in [1.165, 1.54) is 13.2 Å². The minimum Gasteiger partial charge on any atom is -0.497 e. The van der Waals surface area contributed by atoms with Crippen LogP contribution in [-0.2, 0) is 11.3 Å². The van der Waals surface area contributed by atoms with E-state index in [0.29, 0.717) is 24.4 Å². The largest absolute Gasteiger partial charge is 0.497 e. The van der Waals surface area contributed by atoms with Gasteiger partial charge in [0.2, 0.25) is 0 Å². The quantitative estimate of drug-likeness (QED) is 0.840. The van der Waals surface area contributed by atoms with Crippen LogP contribution in [0, 0.1) is 17.7 Å². The van der Waals surface area contributed by atoms with Gasteiger partial charge in [-0.3, -0.25) is 4.79 Å². The van der Waals surface area contributed by atoms with Crippen LogP contribution >= 0.6 is 0 Å². The zero-order valence-corrected chi connectivity index (χ0v) is 11.6. The number of ether oxygens (including phenoxy) is 1. The second kappa shape index (κ2) is 6.70. The van der Waals surface area contributed by atoms with Crippen molar-refractivity contribution in [2.75, 3.05) is 13.7 Å². The highest BCUT2D eigenvalue weighted by Crippen LogP contribution is 2.31. The smallest absolute Gasteiger partial charge is 0.306 e. The molecule has 2 unspecified atom stereocenters. The van der Waals surface area contributed by atoms with Crippen molar-refractivity contribution in [1.29, 1.82) is 0 Å². The van der Waals surface area contributed by atoms with E-state index in [4.69, 9.17) is 9.84 Å². The third-order valence-electron chi connectivity index (χ3n) is 3.96. The van der Waals surface area contributed by atoms with Gasteiger partial charge in [-0.15, -0.1) is 0 Å². The summed E-state index contributed by atoms with van der Waals surface area (Å²) in [5, 5.41) is 12.3. The average molecular weight is 281 g/mol. The molecule has 2 atom stereocenters. The van der Waals surface area contributed by atoms with Crippen LogP contribution in [0.25, 0.3) is 0 Å². The SMILES string of the molecule is COc1ccc(CNCC2CCCC2C(=O)O)c(F)c1. The molecule has 0 amide bonds. The molecule has 0 heterocycles. The molecule has 2 N–H and O–H groups in total. The van der Waals surface area contributed by atoms with Crippen LogP contribution in [0.15, 0.2) is 18.2 Å². The van der Waals surface area contributed by atoms with Crippen LogP contribution in [0.2, 0.25) is 0 Å². The minimum atomic E-state index is -0.718. The lowest BCUT2D eigenvalue weighted by atomic mass is 9.96. The first-order chi connectivity index (χ1) is 9.61. The summed E-state index contributed by atoms with van der Waals surface area (Å²) >= 11 is 0. The first-order valence-corrected chi connectivity index (χ1v) is 6.87. The standard InChI is InChI=1S/C15H20FNO3/c1-20-12-6-5-11(14(16)7-12)9-17-8-10-3-2-4-13(10)15(18)19/h5-7,10,13,17H,2-4,8-9H2,1H3,(H,18,19). The Labute approximate surface area is 117 Å². The molecule has 0 aromatic heterocycles. The highest BCUT2D eigenvalue weighted by Gasteiger charge is 2.32. The number of rotatable bonds is 6. The molecule has 1 aliphatic carbocycles. The molecule has 0 bridgehead atoms. The molecule has 1 fully saturated rings. The van der Waals surface area contributed by atoms with E-state index < -0.39 is 5.97 Å². The number of hydrogen-bond donors (Lipinski definition) is 2. The molecule has 2 rings (SSSR count). The van der Waals surface area contributed by atoms with Gasteiger partial charge in [-0.25, -0.2) is 4.39 Å². The van der Waals surface area contributed by atoms with E-state index in [9.17, 15) is 9.18 Å². The Morgan fingerprint density at radius 3 is 2.95 bits per heavy atom. The van der Waals surface area contributed by atoms with Gasteiger partial charge in [0, 0.05) is 18.2 Å². The summed E-state index contributed by atoms with van der Waals surface area (Å²) in [5.41, 5.74) is 0.565. The summed E-state index contributed by atoms with van der Waals surface area (Å²) in [6.07, 6.45) is 2.63. The second-order valence-electron chi connectivity index (χ2n) is 5.22. The summed E-state index contributed by atoms with van der Waals surface area (Å²) in [5.74, 6) is -0.645. The summed E-state index contributed by atoms with van der Waals surface area (Å²) in [4.78, 5) is 11.1. The van der Waals surface area contributed by atoms with E-state index in [1.807, 2.05) is 0 Å². The molecule has 0 radical (unpaired) electrons. The van der Waals surface area contributed by atoms with Crippen molar-refractivity contribution in [1.82, 2.24) is 5.32 Å². The lowest BCUT2D eigenvalue weighted by Crippen LogP contribution is -2.28. The Morgan fingerprint density at radius 1 is 1.50 bits per heavy atom. The maximum Gasteiger partial charge on any atom is 0.306 e. The molecule has 1 aromatic rings. The molecule has 0 spiro atoms. The Bertz CT molecular complexity index is 478. The van der Waals surface area contributed by atoms with Gasteiger partial charge in [-0.2, -0.15) is 0 Å². The molecular formula is C15H20FNO3. The number of benzene rings is 1. The first-order valence-electron chi connectivity index (χ1n) is 6.87. The van der Waals surface area contributed by atoms with Crippen LogP contribution in [0.4, 0.5) is 4.39 Å². The van der Waals surface area contributed by atoms with Gasteiger partial charge in [-0.1, -0.05) is 12.5 Å². The lowest BCUT2D eigenvalue weighted by Gasteiger charge is -2.16. The topological polar surface area (TPSA) is 58.6 Å². The number of nitrogens with one attached hydrogen (secondary N) is 1. The fourth-order valence-corrected chi connectivity index (χ4v) is 2.80. The number of aliphatic carboxylic acids is 1. The van der Waals surface area contributed by atoms with E-state index in [0.717, 1.165) is 19.3 Å². The van der Waals surface area contributed by atoms with Gasteiger partial charge in [0.05, 0.1) is 13.0 Å². The van der Waals surface area contributed by atoms with E-state index in [-0.39, 0.29) is 17.7 Å². The molecule has 1 saturated carbocycles. The molecule has 1 aromatic carbocycles. The number of carbonyl (C=O) groups is 1. The number of hydrogen-bond acceptors (Lipinski definition) is 3. The minimum absolute atomic E-state index is 0.147. The van der Waals surface area contributed by atoms with Crippen molar-refractivity contribution in [3.63, 3.8) is 0 Å². The van der Waals surface area contributed by atoms with Crippen LogP contribution in [0.1, 0.15) is 24.8 Å². The summed E-state index contributed by atoms with van der Waals surface area (Å²) in [6, 6.07) is 4.76. The van der Waals surface area contributed by atoms with Gasteiger partial charge >= 0.3 is 5.97 Å². The lowest BCUT2D eigenvalue weighted by molar-refractivity contribution is -0.142. The third-order valence-corrected chi connectivity index (χ3v) is 3.96. The number of methoxy groups -OCH3 is 1. The molecular weight excluding hydrogens is 261 g/mol. The van der Waals surface area contributed by atoms with Crippen LogP contribution < -0.4 is 10.1 Å². The van der Waals surface area contributed by atoms with E-state index in [2.05, 4.69) is 5.32 Å². The third kappa shape index (κ3) is 3.48. The van der Waals surface area contributed by atoms with Crippen molar-refractivity contribution in [2.24, 2.45) is 11.8 Å². The van der Waals surface area contributed by atoms with Gasteiger partial charge < -0.3 is 15.2 Å². The maximum absolute atomic E-state index is 13.7. The molecule has 0 saturated heterocycles. The average Bonchev–Trinajstić information content (AvgIpc) is 2.89. The molecule has 1 aliphatic rings. The highest BCUT2D eigenvalue weighted by molar-refractivity contribution is 5.70. The second-order valence-corrected chi connectivity index (χ2v) is 5.22. The summed E-state index contributed by atoms with van der Waals surface area (Å²) in [7, 11) is 1.50. The van der Waals surface area contributed by atoms with Crippen molar-refractivity contribution >= 4 is 5.97 Å². The van der Waals surface area contributed by atoms with Crippen molar-refractivity contribution in [3.8, 4) is 5.75 Å². The summed E-state index contributed by atoms with van der Waals surface area (Å²) in [6.45, 7) is 1.01. The van der Waals surface area contributed by atoms with Crippen LogP contribution in [0.3, 0.4) is 0 Å². The monoisotopic (exact) mass is 281 g/mol. The zero-order valence-electron chi connectivity index (χ0n) is 11.6. The first kappa shape index (κ1) is 14.8. The number of carboxylic acid groups (broad SMARTS) is 1. The van der Waals surface area contributed by atoms with Gasteiger partial charge in [0.15, 0.2) is 0 Å². The molecule has 5 heteroatoms. The maximum atomic E-state index is 13.7. The van der Waals surface area contributed by atoms with Crippen molar-refractivity contribution in [2.45, 2.75) is 25.8 Å². The normalized spacial score (nSPS) is 21.9. The van der Waals surface area contributed by atoms with Crippen LogP contribution in [0.5, 0.6) is 5.75 Å². The predicted molar refractivity (Wildman–Crippen MR) is 73.1 cm³/mol. The molecule has 110 valence electrons. The molecule has 4 nitrogen and oxygen atoms in total.